The maximum atomic E-state index is 9.18. The second-order valence-corrected chi connectivity index (χ2v) is 5.64. The third-order valence-electron chi connectivity index (χ3n) is 2.46. The van der Waals surface area contributed by atoms with E-state index in [2.05, 4.69) is 33.2 Å². The van der Waals surface area contributed by atoms with Crippen LogP contribution in [0.25, 0.3) is 0 Å². The normalized spacial score (nSPS) is 14.6. The minimum absolute atomic E-state index is 0.171. The molecule has 2 atom stereocenters. The molecule has 0 radical (unpaired) electrons. The fourth-order valence-corrected chi connectivity index (χ4v) is 2.22. The first-order chi connectivity index (χ1) is 7.58. The van der Waals surface area contributed by atoms with Crippen molar-refractivity contribution in [1.82, 2.24) is 4.98 Å². The molecule has 0 aliphatic rings. The largest absolute Gasteiger partial charge is 0.395 e. The summed E-state index contributed by atoms with van der Waals surface area (Å²) in [7, 11) is 0. The van der Waals surface area contributed by atoms with Crippen LogP contribution in [0, 0.1) is 6.92 Å². The van der Waals surface area contributed by atoms with Crippen LogP contribution in [0.1, 0.15) is 12.5 Å². The Hall–Kier alpha value is -0.260. The first kappa shape index (κ1) is 13.8. The highest BCUT2D eigenvalue weighted by atomic mass is 79.9. The van der Waals surface area contributed by atoms with Crippen molar-refractivity contribution >= 4 is 33.5 Å². The van der Waals surface area contributed by atoms with Gasteiger partial charge in [-0.1, -0.05) is 0 Å². The number of hydrogen-bond donors (Lipinski definition) is 2. The summed E-state index contributed by atoms with van der Waals surface area (Å²) in [5, 5.41) is 12.7. The Bertz CT molecular complexity index is 345. The Morgan fingerprint density at radius 3 is 2.81 bits per heavy atom. The number of thioether (sulfide) groups is 1. The molecule has 2 unspecified atom stereocenters. The van der Waals surface area contributed by atoms with E-state index in [1.54, 1.807) is 18.0 Å². The maximum absolute atomic E-state index is 9.18. The number of rotatable bonds is 5. The summed E-state index contributed by atoms with van der Waals surface area (Å²) in [6, 6.07) is 2.18. The molecule has 0 saturated carbocycles. The number of aliphatic hydroxyl groups is 1. The number of aromatic nitrogens is 1. The second kappa shape index (κ2) is 6.47. The van der Waals surface area contributed by atoms with Crippen LogP contribution in [-0.2, 0) is 0 Å². The Morgan fingerprint density at radius 1 is 1.62 bits per heavy atom. The molecular formula is C11H17BrN2OS. The Balaban J connectivity index is 2.69. The number of halogens is 1. The molecule has 0 saturated heterocycles. The quantitative estimate of drug-likeness (QED) is 0.878. The summed E-state index contributed by atoms with van der Waals surface area (Å²) in [5.74, 6) is 0.848. The molecule has 0 bridgehead atoms. The van der Waals surface area contributed by atoms with Crippen LogP contribution in [0.15, 0.2) is 16.7 Å². The number of pyridine rings is 1. The lowest BCUT2D eigenvalue weighted by atomic mass is 10.2. The average Bonchev–Trinajstić information content (AvgIpc) is 2.25. The summed E-state index contributed by atoms with van der Waals surface area (Å²) in [5.41, 5.74) is 1.15. The first-order valence-corrected chi connectivity index (χ1v) is 7.19. The van der Waals surface area contributed by atoms with E-state index in [-0.39, 0.29) is 17.9 Å². The first-order valence-electron chi connectivity index (χ1n) is 5.10. The lowest BCUT2D eigenvalue weighted by Gasteiger charge is -2.22. The Labute approximate surface area is 109 Å². The van der Waals surface area contributed by atoms with E-state index in [1.807, 2.05) is 19.2 Å². The molecule has 5 heteroatoms. The summed E-state index contributed by atoms with van der Waals surface area (Å²) >= 11 is 5.07. The van der Waals surface area contributed by atoms with Gasteiger partial charge in [-0.2, -0.15) is 11.8 Å². The molecule has 0 fully saturated rings. The van der Waals surface area contributed by atoms with Gasteiger partial charge in [0, 0.05) is 22.0 Å². The highest BCUT2D eigenvalue weighted by Gasteiger charge is 2.15. The second-order valence-electron chi connectivity index (χ2n) is 3.71. The van der Waals surface area contributed by atoms with Gasteiger partial charge in [0.2, 0.25) is 0 Å². The smallest absolute Gasteiger partial charge is 0.126 e. The van der Waals surface area contributed by atoms with Crippen LogP contribution < -0.4 is 5.32 Å². The highest BCUT2D eigenvalue weighted by molar-refractivity contribution is 9.10. The monoisotopic (exact) mass is 304 g/mol. The molecular weight excluding hydrogens is 288 g/mol. The zero-order valence-corrected chi connectivity index (χ0v) is 12.1. The summed E-state index contributed by atoms with van der Waals surface area (Å²) in [4.78, 5) is 4.28. The van der Waals surface area contributed by atoms with Gasteiger partial charge in [-0.05, 0) is 47.7 Å². The number of anilines is 1. The molecule has 2 N–H and O–H groups in total. The van der Waals surface area contributed by atoms with Crippen molar-refractivity contribution in [2.75, 3.05) is 18.2 Å². The molecule has 0 spiro atoms. The molecule has 0 aliphatic carbocycles. The van der Waals surface area contributed by atoms with Gasteiger partial charge in [0.15, 0.2) is 0 Å². The lowest BCUT2D eigenvalue weighted by Crippen LogP contribution is -2.31. The zero-order chi connectivity index (χ0) is 12.1. The average molecular weight is 305 g/mol. The summed E-state index contributed by atoms with van der Waals surface area (Å²) in [6.07, 6.45) is 3.79. The van der Waals surface area contributed by atoms with Gasteiger partial charge in [0.25, 0.3) is 0 Å². The third-order valence-corrected chi connectivity index (χ3v) is 4.46. The Morgan fingerprint density at radius 2 is 2.31 bits per heavy atom. The van der Waals surface area contributed by atoms with E-state index in [1.165, 1.54) is 0 Å². The highest BCUT2D eigenvalue weighted by Crippen LogP contribution is 2.19. The van der Waals surface area contributed by atoms with Crippen LogP contribution in [0.3, 0.4) is 0 Å². The predicted molar refractivity (Wildman–Crippen MR) is 74.1 cm³/mol. The number of aliphatic hydroxyl groups excluding tert-OH is 1. The molecule has 0 amide bonds. The lowest BCUT2D eigenvalue weighted by molar-refractivity contribution is 0.288. The van der Waals surface area contributed by atoms with E-state index in [0.29, 0.717) is 0 Å². The number of hydrogen-bond acceptors (Lipinski definition) is 4. The SMILES string of the molecule is CSC(CO)C(C)Nc1cc(C)c(Br)cn1. The topological polar surface area (TPSA) is 45.1 Å². The molecule has 1 rings (SSSR count). The molecule has 3 nitrogen and oxygen atoms in total. The summed E-state index contributed by atoms with van der Waals surface area (Å²) in [6.45, 7) is 4.25. The van der Waals surface area contributed by atoms with Crippen molar-refractivity contribution in [3.8, 4) is 0 Å². The van der Waals surface area contributed by atoms with Crippen LogP contribution in [-0.4, -0.2) is 34.2 Å². The fraction of sp³-hybridized carbons (Fsp3) is 0.545. The van der Waals surface area contributed by atoms with E-state index in [4.69, 9.17) is 0 Å². The Kier molecular flexibility index (Phi) is 5.58. The van der Waals surface area contributed by atoms with E-state index in [9.17, 15) is 5.11 Å². The van der Waals surface area contributed by atoms with Crippen LogP contribution in [0.5, 0.6) is 0 Å². The number of nitrogens with zero attached hydrogens (tertiary/aromatic N) is 1. The van der Waals surface area contributed by atoms with Gasteiger partial charge in [-0.25, -0.2) is 4.98 Å². The molecule has 0 aliphatic heterocycles. The predicted octanol–water partition coefficient (Wildman–Crippen LogP) is 2.68. The van der Waals surface area contributed by atoms with E-state index in [0.717, 1.165) is 15.9 Å². The van der Waals surface area contributed by atoms with Crippen LogP contribution in [0.2, 0.25) is 0 Å². The van der Waals surface area contributed by atoms with Gasteiger partial charge >= 0.3 is 0 Å². The van der Waals surface area contributed by atoms with E-state index >= 15 is 0 Å². The molecule has 1 aromatic heterocycles. The number of aryl methyl sites for hydroxylation is 1. The van der Waals surface area contributed by atoms with Crippen molar-refractivity contribution in [2.45, 2.75) is 25.1 Å². The minimum atomic E-state index is 0.171. The van der Waals surface area contributed by atoms with E-state index < -0.39 is 0 Å². The molecule has 90 valence electrons. The standard InChI is InChI=1S/C11H17BrN2OS/c1-7-4-11(13-5-9(7)12)14-8(2)10(6-15)16-3/h4-5,8,10,15H,6H2,1-3H3,(H,13,14). The zero-order valence-electron chi connectivity index (χ0n) is 9.70. The summed E-state index contributed by atoms with van der Waals surface area (Å²) < 4.78 is 1.01. The van der Waals surface area contributed by atoms with Gasteiger partial charge in [0.05, 0.1) is 6.61 Å². The van der Waals surface area contributed by atoms with Gasteiger partial charge in [-0.15, -0.1) is 0 Å². The fourth-order valence-electron chi connectivity index (χ4n) is 1.38. The molecule has 0 aromatic carbocycles. The van der Waals surface area contributed by atoms with Crippen molar-refractivity contribution in [2.24, 2.45) is 0 Å². The molecule has 16 heavy (non-hydrogen) atoms. The molecule has 1 aromatic rings. The number of nitrogens with one attached hydrogen (secondary N) is 1. The van der Waals surface area contributed by atoms with Crippen LogP contribution in [0.4, 0.5) is 5.82 Å². The third kappa shape index (κ3) is 3.64. The minimum Gasteiger partial charge on any atom is -0.395 e. The van der Waals surface area contributed by atoms with Crippen molar-refractivity contribution in [3.63, 3.8) is 0 Å². The van der Waals surface area contributed by atoms with Crippen LogP contribution >= 0.6 is 27.7 Å². The van der Waals surface area contributed by atoms with Crippen molar-refractivity contribution < 1.29 is 5.11 Å². The van der Waals surface area contributed by atoms with Crippen molar-refractivity contribution in [1.29, 1.82) is 0 Å². The maximum Gasteiger partial charge on any atom is 0.126 e. The molecule has 1 heterocycles. The van der Waals surface area contributed by atoms with Gasteiger partial charge in [0.1, 0.15) is 5.82 Å². The van der Waals surface area contributed by atoms with Gasteiger partial charge in [-0.3, -0.25) is 0 Å². The van der Waals surface area contributed by atoms with Gasteiger partial charge < -0.3 is 10.4 Å². The van der Waals surface area contributed by atoms with Crippen molar-refractivity contribution in [3.05, 3.63) is 22.3 Å².